The molecule has 0 saturated carbocycles. The van der Waals surface area contributed by atoms with E-state index in [0.29, 0.717) is 4.88 Å². The molecule has 1 aromatic heterocycles. The van der Waals surface area contributed by atoms with Gasteiger partial charge in [-0.25, -0.2) is 12.8 Å². The van der Waals surface area contributed by atoms with Gasteiger partial charge in [0.05, 0.1) is 11.4 Å². The van der Waals surface area contributed by atoms with Crippen molar-refractivity contribution in [3.8, 4) is 0 Å². The first-order valence-electron chi connectivity index (χ1n) is 8.66. The zero-order valence-corrected chi connectivity index (χ0v) is 16.9. The van der Waals surface area contributed by atoms with E-state index < -0.39 is 15.8 Å². The molecule has 7 nitrogen and oxygen atoms in total. The van der Waals surface area contributed by atoms with E-state index in [1.807, 2.05) is 13.0 Å². The molecule has 1 N–H and O–H groups in total. The van der Waals surface area contributed by atoms with Crippen molar-refractivity contribution in [2.75, 3.05) is 32.7 Å². The molecule has 10 heteroatoms. The van der Waals surface area contributed by atoms with Crippen LogP contribution in [0.3, 0.4) is 0 Å². The summed E-state index contributed by atoms with van der Waals surface area (Å²) in [6, 6.07) is 8.75. The van der Waals surface area contributed by atoms with Crippen molar-refractivity contribution in [1.82, 2.24) is 14.5 Å². The highest BCUT2D eigenvalue weighted by Gasteiger charge is 2.31. The standard InChI is InChI=1S/C18H20FN3O4S2/c1-13-6-7-15(27-13)18(24)20-12-17(23)21-8-10-22(11-9-21)28(25,26)16-5-3-2-4-14(16)19/h2-7H,8-12H2,1H3,(H,20,24). The van der Waals surface area contributed by atoms with E-state index in [1.165, 1.54) is 38.7 Å². The first kappa shape index (κ1) is 20.4. The lowest BCUT2D eigenvalue weighted by Crippen LogP contribution is -2.52. The summed E-state index contributed by atoms with van der Waals surface area (Å²) in [5.74, 6) is -1.40. The molecule has 1 aromatic carbocycles. The summed E-state index contributed by atoms with van der Waals surface area (Å²) in [5.41, 5.74) is 0. The van der Waals surface area contributed by atoms with Crippen LogP contribution in [0.1, 0.15) is 14.5 Å². The highest BCUT2D eigenvalue weighted by molar-refractivity contribution is 7.89. The van der Waals surface area contributed by atoms with Crippen molar-refractivity contribution >= 4 is 33.2 Å². The van der Waals surface area contributed by atoms with E-state index in [2.05, 4.69) is 5.32 Å². The molecule has 1 aliphatic rings. The minimum absolute atomic E-state index is 0.0699. The summed E-state index contributed by atoms with van der Waals surface area (Å²) in [5, 5.41) is 2.58. The smallest absolute Gasteiger partial charge is 0.261 e. The van der Waals surface area contributed by atoms with Gasteiger partial charge in [0.2, 0.25) is 15.9 Å². The van der Waals surface area contributed by atoms with E-state index in [9.17, 15) is 22.4 Å². The monoisotopic (exact) mass is 425 g/mol. The number of thiophene rings is 1. The van der Waals surface area contributed by atoms with Gasteiger partial charge in [-0.3, -0.25) is 9.59 Å². The molecule has 0 atom stereocenters. The number of piperazine rings is 1. The second-order valence-electron chi connectivity index (χ2n) is 6.31. The molecule has 2 heterocycles. The van der Waals surface area contributed by atoms with Crippen LogP contribution in [0.4, 0.5) is 4.39 Å². The zero-order chi connectivity index (χ0) is 20.3. The topological polar surface area (TPSA) is 86.8 Å². The molecule has 0 bridgehead atoms. The molecule has 0 spiro atoms. The Labute approximate surface area is 166 Å². The Balaban J connectivity index is 1.54. The highest BCUT2D eigenvalue weighted by Crippen LogP contribution is 2.20. The predicted molar refractivity (Wildman–Crippen MR) is 103 cm³/mol. The number of hydrogen-bond acceptors (Lipinski definition) is 5. The van der Waals surface area contributed by atoms with Crippen LogP contribution < -0.4 is 5.32 Å². The van der Waals surface area contributed by atoms with Crippen molar-refractivity contribution < 1.29 is 22.4 Å². The average molecular weight is 426 g/mol. The van der Waals surface area contributed by atoms with E-state index >= 15 is 0 Å². The highest BCUT2D eigenvalue weighted by atomic mass is 32.2. The summed E-state index contributed by atoms with van der Waals surface area (Å²) in [7, 11) is -3.95. The van der Waals surface area contributed by atoms with Crippen LogP contribution in [0.5, 0.6) is 0 Å². The molecule has 1 saturated heterocycles. The number of hydrogen-bond donors (Lipinski definition) is 1. The number of halogens is 1. The fourth-order valence-electron chi connectivity index (χ4n) is 2.88. The Morgan fingerprint density at radius 2 is 1.79 bits per heavy atom. The van der Waals surface area contributed by atoms with Crippen molar-refractivity contribution in [2.24, 2.45) is 0 Å². The van der Waals surface area contributed by atoms with Gasteiger partial charge in [-0.05, 0) is 31.2 Å². The molecule has 28 heavy (non-hydrogen) atoms. The number of rotatable bonds is 5. The van der Waals surface area contributed by atoms with Crippen LogP contribution in [0.2, 0.25) is 0 Å². The van der Waals surface area contributed by atoms with Crippen LogP contribution in [0.25, 0.3) is 0 Å². The molecule has 0 aliphatic carbocycles. The Kier molecular flexibility index (Phi) is 6.11. The number of aryl methyl sites for hydroxylation is 1. The largest absolute Gasteiger partial charge is 0.342 e. The third kappa shape index (κ3) is 4.40. The minimum Gasteiger partial charge on any atom is -0.342 e. The number of benzene rings is 1. The third-order valence-electron chi connectivity index (χ3n) is 4.41. The summed E-state index contributed by atoms with van der Waals surface area (Å²) >= 11 is 1.34. The SMILES string of the molecule is Cc1ccc(C(=O)NCC(=O)N2CCN(S(=O)(=O)c3ccccc3F)CC2)s1. The zero-order valence-electron chi connectivity index (χ0n) is 15.2. The summed E-state index contributed by atoms with van der Waals surface area (Å²) in [6.45, 7) is 2.24. The van der Waals surface area contributed by atoms with Gasteiger partial charge in [0, 0.05) is 31.1 Å². The number of carbonyl (C=O) groups is 2. The number of amides is 2. The normalized spacial score (nSPS) is 15.4. The van der Waals surface area contributed by atoms with Crippen molar-refractivity contribution in [2.45, 2.75) is 11.8 Å². The quantitative estimate of drug-likeness (QED) is 0.786. The van der Waals surface area contributed by atoms with Gasteiger partial charge in [0.15, 0.2) is 0 Å². The van der Waals surface area contributed by atoms with E-state index in [-0.39, 0.29) is 49.4 Å². The Bertz CT molecular complexity index is 982. The van der Waals surface area contributed by atoms with Gasteiger partial charge in [0.1, 0.15) is 10.7 Å². The number of sulfonamides is 1. The van der Waals surface area contributed by atoms with Crippen LogP contribution in [-0.4, -0.2) is 62.2 Å². The van der Waals surface area contributed by atoms with Crippen molar-refractivity contribution in [3.63, 3.8) is 0 Å². The van der Waals surface area contributed by atoms with Crippen molar-refractivity contribution in [3.05, 3.63) is 52.0 Å². The summed E-state index contributed by atoms with van der Waals surface area (Å²) in [6.07, 6.45) is 0. The van der Waals surface area contributed by atoms with Crippen LogP contribution in [0.15, 0.2) is 41.3 Å². The third-order valence-corrected chi connectivity index (χ3v) is 7.34. The maximum absolute atomic E-state index is 13.9. The number of carbonyl (C=O) groups excluding carboxylic acids is 2. The molecule has 0 radical (unpaired) electrons. The Hall–Kier alpha value is -2.30. The summed E-state index contributed by atoms with van der Waals surface area (Å²) < 4.78 is 40.2. The maximum Gasteiger partial charge on any atom is 0.261 e. The summed E-state index contributed by atoms with van der Waals surface area (Å²) in [4.78, 5) is 27.0. The molecule has 2 aromatic rings. The van der Waals surface area contributed by atoms with Gasteiger partial charge in [-0.1, -0.05) is 12.1 Å². The van der Waals surface area contributed by atoms with E-state index in [1.54, 1.807) is 6.07 Å². The maximum atomic E-state index is 13.9. The van der Waals surface area contributed by atoms with Crippen molar-refractivity contribution in [1.29, 1.82) is 0 Å². The van der Waals surface area contributed by atoms with Gasteiger partial charge in [0.25, 0.3) is 5.91 Å². The lowest BCUT2D eigenvalue weighted by Gasteiger charge is -2.34. The first-order valence-corrected chi connectivity index (χ1v) is 10.9. The lowest BCUT2D eigenvalue weighted by atomic mass is 10.3. The van der Waals surface area contributed by atoms with Gasteiger partial charge in [-0.2, -0.15) is 4.31 Å². The predicted octanol–water partition coefficient (Wildman–Crippen LogP) is 1.46. The Morgan fingerprint density at radius 1 is 1.11 bits per heavy atom. The molecule has 0 unspecified atom stereocenters. The number of nitrogens with zero attached hydrogens (tertiary/aromatic N) is 2. The molecular weight excluding hydrogens is 405 g/mol. The molecule has 2 amide bonds. The fraction of sp³-hybridized carbons (Fsp3) is 0.333. The first-order chi connectivity index (χ1) is 13.3. The fourth-order valence-corrected chi connectivity index (χ4v) is 5.15. The molecular formula is C18H20FN3O4S2. The second kappa shape index (κ2) is 8.38. The molecule has 1 fully saturated rings. The van der Waals surface area contributed by atoms with Crippen LogP contribution in [0, 0.1) is 12.7 Å². The van der Waals surface area contributed by atoms with Gasteiger partial charge in [-0.15, -0.1) is 11.3 Å². The van der Waals surface area contributed by atoms with Gasteiger partial charge < -0.3 is 10.2 Å². The minimum atomic E-state index is -3.95. The Morgan fingerprint density at radius 3 is 2.39 bits per heavy atom. The molecule has 150 valence electrons. The van der Waals surface area contributed by atoms with E-state index in [0.717, 1.165) is 10.9 Å². The average Bonchev–Trinajstić information content (AvgIpc) is 3.12. The van der Waals surface area contributed by atoms with Crippen LogP contribution in [-0.2, 0) is 14.8 Å². The number of nitrogens with one attached hydrogen (secondary N) is 1. The van der Waals surface area contributed by atoms with E-state index in [4.69, 9.17) is 0 Å². The molecule has 1 aliphatic heterocycles. The molecule has 3 rings (SSSR count). The van der Waals surface area contributed by atoms with Crippen LogP contribution >= 0.6 is 11.3 Å². The second-order valence-corrected chi connectivity index (χ2v) is 9.50. The van der Waals surface area contributed by atoms with Gasteiger partial charge >= 0.3 is 0 Å². The lowest BCUT2D eigenvalue weighted by molar-refractivity contribution is -0.131.